The van der Waals surface area contributed by atoms with Crippen LogP contribution >= 0.6 is 0 Å². The van der Waals surface area contributed by atoms with Gasteiger partial charge in [-0.15, -0.1) is 0 Å². The number of carbonyl (C=O) groups is 1. The van der Waals surface area contributed by atoms with Crippen LogP contribution in [0.2, 0.25) is 0 Å². The molecule has 1 aromatic heterocycles. The molecular formula is C13H21N3O3S. The second kappa shape index (κ2) is 7.35. The van der Waals surface area contributed by atoms with E-state index in [1.807, 2.05) is 13.8 Å². The molecule has 0 spiro atoms. The largest absolute Gasteiger partial charge is 0.354 e. The summed E-state index contributed by atoms with van der Waals surface area (Å²) in [6, 6.07) is 3.60. The highest BCUT2D eigenvalue weighted by Gasteiger charge is 2.18. The first-order valence-corrected chi connectivity index (χ1v) is 8.27. The van der Waals surface area contributed by atoms with Crippen molar-refractivity contribution < 1.29 is 13.2 Å². The van der Waals surface area contributed by atoms with Gasteiger partial charge in [-0.2, -0.15) is 4.31 Å². The fraction of sp³-hybridized carbons (Fsp3) is 0.538. The molecule has 7 heteroatoms. The van der Waals surface area contributed by atoms with Crippen LogP contribution in [-0.4, -0.2) is 42.5 Å². The molecule has 1 amide bonds. The standard InChI is InChI=1S/C13H21N3O3S/c1-11(2)15-13(17)6-8-16(20(3,18)19)10-12-5-4-7-14-9-12/h4-5,7,9,11H,6,8,10H2,1-3H3,(H,15,17). The normalized spacial score (nSPS) is 11.8. The van der Waals surface area contributed by atoms with E-state index in [1.54, 1.807) is 24.5 Å². The molecule has 20 heavy (non-hydrogen) atoms. The van der Waals surface area contributed by atoms with E-state index in [2.05, 4.69) is 10.3 Å². The van der Waals surface area contributed by atoms with Gasteiger partial charge in [0.2, 0.25) is 15.9 Å². The monoisotopic (exact) mass is 299 g/mol. The third-order valence-corrected chi connectivity index (χ3v) is 3.84. The van der Waals surface area contributed by atoms with Gasteiger partial charge in [0.05, 0.1) is 6.26 Å². The summed E-state index contributed by atoms with van der Waals surface area (Å²) in [6.45, 7) is 4.11. The number of nitrogens with one attached hydrogen (secondary N) is 1. The summed E-state index contributed by atoms with van der Waals surface area (Å²) >= 11 is 0. The Morgan fingerprint density at radius 2 is 2.15 bits per heavy atom. The predicted octanol–water partition coefficient (Wildman–Crippen LogP) is 0.758. The molecule has 0 aliphatic heterocycles. The molecule has 1 aromatic rings. The molecule has 1 heterocycles. The van der Waals surface area contributed by atoms with E-state index < -0.39 is 10.0 Å². The van der Waals surface area contributed by atoms with Gasteiger partial charge in [-0.05, 0) is 25.5 Å². The van der Waals surface area contributed by atoms with Crippen LogP contribution in [0.25, 0.3) is 0 Å². The zero-order valence-corrected chi connectivity index (χ0v) is 12.9. The number of sulfonamides is 1. The van der Waals surface area contributed by atoms with Gasteiger partial charge in [0.1, 0.15) is 0 Å². The van der Waals surface area contributed by atoms with E-state index in [9.17, 15) is 13.2 Å². The molecule has 0 aliphatic carbocycles. The molecule has 1 N–H and O–H groups in total. The minimum atomic E-state index is -3.36. The lowest BCUT2D eigenvalue weighted by molar-refractivity contribution is -0.121. The minimum absolute atomic E-state index is 0.0486. The van der Waals surface area contributed by atoms with E-state index in [1.165, 1.54) is 4.31 Å². The molecule has 1 rings (SSSR count). The number of hydrogen-bond donors (Lipinski definition) is 1. The fourth-order valence-corrected chi connectivity index (χ4v) is 2.48. The van der Waals surface area contributed by atoms with Crippen molar-refractivity contribution in [2.45, 2.75) is 32.9 Å². The Balaban J connectivity index is 2.65. The maximum atomic E-state index is 11.7. The van der Waals surface area contributed by atoms with Crippen LogP contribution in [0, 0.1) is 0 Å². The number of nitrogens with zero attached hydrogens (tertiary/aromatic N) is 2. The number of aromatic nitrogens is 1. The van der Waals surface area contributed by atoms with Crippen LogP contribution in [0.4, 0.5) is 0 Å². The summed E-state index contributed by atoms with van der Waals surface area (Å²) in [4.78, 5) is 15.5. The van der Waals surface area contributed by atoms with Crippen molar-refractivity contribution in [2.75, 3.05) is 12.8 Å². The molecule has 0 aromatic carbocycles. The van der Waals surface area contributed by atoms with E-state index in [-0.39, 0.29) is 31.5 Å². The van der Waals surface area contributed by atoms with E-state index in [0.717, 1.165) is 11.8 Å². The van der Waals surface area contributed by atoms with Gasteiger partial charge >= 0.3 is 0 Å². The Bertz CT molecular complexity index is 529. The summed E-state index contributed by atoms with van der Waals surface area (Å²) in [6.07, 6.45) is 4.53. The van der Waals surface area contributed by atoms with E-state index >= 15 is 0 Å². The summed E-state index contributed by atoms with van der Waals surface area (Å²) in [7, 11) is -3.36. The second-order valence-corrected chi connectivity index (χ2v) is 6.91. The third-order valence-electron chi connectivity index (χ3n) is 2.59. The Hall–Kier alpha value is -1.47. The van der Waals surface area contributed by atoms with Gasteiger partial charge in [0.25, 0.3) is 0 Å². The van der Waals surface area contributed by atoms with Gasteiger partial charge < -0.3 is 5.32 Å². The summed E-state index contributed by atoms with van der Waals surface area (Å²) in [5.41, 5.74) is 0.794. The van der Waals surface area contributed by atoms with Crippen molar-refractivity contribution in [1.29, 1.82) is 0 Å². The first-order valence-electron chi connectivity index (χ1n) is 6.42. The molecule has 0 aliphatic rings. The number of hydrogen-bond acceptors (Lipinski definition) is 4. The SMILES string of the molecule is CC(C)NC(=O)CCN(Cc1cccnc1)S(C)(=O)=O. The zero-order chi connectivity index (χ0) is 15.2. The summed E-state index contributed by atoms with van der Waals surface area (Å²) < 4.78 is 24.8. The maximum Gasteiger partial charge on any atom is 0.221 e. The van der Waals surface area contributed by atoms with Gasteiger partial charge in [-0.3, -0.25) is 9.78 Å². The van der Waals surface area contributed by atoms with Crippen LogP contribution in [0.15, 0.2) is 24.5 Å². The molecule has 0 radical (unpaired) electrons. The molecule has 0 saturated heterocycles. The van der Waals surface area contributed by atoms with E-state index in [4.69, 9.17) is 0 Å². The Morgan fingerprint density at radius 1 is 1.45 bits per heavy atom. The lowest BCUT2D eigenvalue weighted by Crippen LogP contribution is -2.36. The average molecular weight is 299 g/mol. The zero-order valence-electron chi connectivity index (χ0n) is 12.0. The lowest BCUT2D eigenvalue weighted by Gasteiger charge is -2.20. The van der Waals surface area contributed by atoms with Gasteiger partial charge in [0.15, 0.2) is 0 Å². The van der Waals surface area contributed by atoms with Crippen LogP contribution in [0.5, 0.6) is 0 Å². The van der Waals surface area contributed by atoms with Crippen molar-refractivity contribution in [2.24, 2.45) is 0 Å². The Morgan fingerprint density at radius 3 is 2.65 bits per heavy atom. The highest BCUT2D eigenvalue weighted by molar-refractivity contribution is 7.88. The first-order chi connectivity index (χ1) is 9.29. The van der Waals surface area contributed by atoms with Crippen molar-refractivity contribution in [3.8, 4) is 0 Å². The van der Waals surface area contributed by atoms with Crippen LogP contribution in [-0.2, 0) is 21.4 Å². The van der Waals surface area contributed by atoms with Crippen molar-refractivity contribution in [3.05, 3.63) is 30.1 Å². The van der Waals surface area contributed by atoms with Crippen molar-refractivity contribution >= 4 is 15.9 Å². The highest BCUT2D eigenvalue weighted by atomic mass is 32.2. The highest BCUT2D eigenvalue weighted by Crippen LogP contribution is 2.08. The smallest absolute Gasteiger partial charge is 0.221 e. The molecule has 6 nitrogen and oxygen atoms in total. The number of rotatable bonds is 7. The first kappa shape index (κ1) is 16.6. The number of amides is 1. The number of pyridine rings is 1. The van der Waals surface area contributed by atoms with Gasteiger partial charge in [-0.25, -0.2) is 8.42 Å². The molecule has 0 atom stereocenters. The van der Waals surface area contributed by atoms with E-state index in [0.29, 0.717) is 0 Å². The molecule has 0 unspecified atom stereocenters. The average Bonchev–Trinajstić information content (AvgIpc) is 2.33. The topological polar surface area (TPSA) is 79.4 Å². The lowest BCUT2D eigenvalue weighted by atomic mass is 10.3. The fourth-order valence-electron chi connectivity index (χ4n) is 1.68. The summed E-state index contributed by atoms with van der Waals surface area (Å²) in [5, 5.41) is 2.74. The Kier molecular flexibility index (Phi) is 6.09. The van der Waals surface area contributed by atoms with Crippen LogP contribution in [0.1, 0.15) is 25.8 Å². The van der Waals surface area contributed by atoms with Crippen molar-refractivity contribution in [1.82, 2.24) is 14.6 Å². The third kappa shape index (κ3) is 6.12. The predicted molar refractivity (Wildman–Crippen MR) is 77.4 cm³/mol. The van der Waals surface area contributed by atoms with Gasteiger partial charge in [0, 0.05) is 37.9 Å². The van der Waals surface area contributed by atoms with Gasteiger partial charge in [-0.1, -0.05) is 6.07 Å². The number of carbonyl (C=O) groups excluding carboxylic acids is 1. The molecule has 0 saturated carbocycles. The molecule has 112 valence electrons. The van der Waals surface area contributed by atoms with Crippen LogP contribution in [0.3, 0.4) is 0 Å². The van der Waals surface area contributed by atoms with Crippen LogP contribution < -0.4 is 5.32 Å². The summed E-state index contributed by atoms with van der Waals surface area (Å²) in [5.74, 6) is -0.153. The molecule has 0 bridgehead atoms. The minimum Gasteiger partial charge on any atom is -0.354 e. The second-order valence-electron chi connectivity index (χ2n) is 4.93. The molecular weight excluding hydrogens is 278 g/mol. The molecule has 0 fully saturated rings. The Labute approximate surface area is 120 Å². The maximum absolute atomic E-state index is 11.7. The quantitative estimate of drug-likeness (QED) is 0.806. The van der Waals surface area contributed by atoms with Crippen molar-refractivity contribution in [3.63, 3.8) is 0 Å².